The van der Waals surface area contributed by atoms with Gasteiger partial charge in [-0.25, -0.2) is 9.18 Å². The molecule has 16 heavy (non-hydrogen) atoms. The molecule has 0 radical (unpaired) electrons. The topological polar surface area (TPSA) is 75.0 Å². The number of aromatic nitrogens is 2. The number of halogens is 2. The maximum absolute atomic E-state index is 13.0. The Bertz CT molecular complexity index is 635. The van der Waals surface area contributed by atoms with E-state index in [9.17, 15) is 14.0 Å². The van der Waals surface area contributed by atoms with Crippen LogP contribution in [0, 0.1) is 5.82 Å². The zero-order chi connectivity index (χ0) is 11.0. The first-order valence-electron chi connectivity index (χ1n) is 4.11. The fourth-order valence-electron chi connectivity index (χ4n) is 1.37. The maximum Gasteiger partial charge on any atom is 0.326 e. The lowest BCUT2D eigenvalue weighted by atomic mass is 10.2. The summed E-state index contributed by atoms with van der Waals surface area (Å²) in [4.78, 5) is 26.7. The summed E-state index contributed by atoms with van der Waals surface area (Å²) < 4.78 is 17.9. The highest BCUT2D eigenvalue weighted by atomic mass is 35.5. The van der Waals surface area contributed by atoms with Crippen LogP contribution in [-0.4, -0.2) is 17.1 Å². The van der Waals surface area contributed by atoms with Crippen LogP contribution in [-0.2, 0) is 0 Å². The molecule has 0 amide bonds. The third-order valence-corrected chi connectivity index (χ3v) is 2.00. The first-order chi connectivity index (χ1) is 7.11. The molecule has 0 unspecified atom stereocenters. The van der Waals surface area contributed by atoms with Crippen molar-refractivity contribution in [3.63, 3.8) is 0 Å². The van der Waals surface area contributed by atoms with Crippen LogP contribution in [0.25, 0.3) is 10.9 Å². The second-order valence-electron chi connectivity index (χ2n) is 2.94. The Morgan fingerprint density at radius 1 is 1.25 bits per heavy atom. The highest BCUT2D eigenvalue weighted by Gasteiger charge is 2.08. The van der Waals surface area contributed by atoms with Crippen LogP contribution in [0.1, 0.15) is 0 Å². The van der Waals surface area contributed by atoms with E-state index in [4.69, 9.17) is 4.74 Å². The molecule has 2 rings (SSSR count). The van der Waals surface area contributed by atoms with Gasteiger partial charge in [0.1, 0.15) is 11.6 Å². The number of aromatic amines is 2. The Hall–Kier alpha value is -1.82. The van der Waals surface area contributed by atoms with Crippen molar-refractivity contribution in [1.29, 1.82) is 0 Å². The highest BCUT2D eigenvalue weighted by Crippen LogP contribution is 2.21. The molecule has 2 aromatic rings. The van der Waals surface area contributed by atoms with Crippen LogP contribution in [0.4, 0.5) is 4.39 Å². The monoisotopic (exact) mass is 246 g/mol. The molecule has 0 aliphatic heterocycles. The lowest BCUT2D eigenvalue weighted by Gasteiger charge is -2.03. The molecule has 0 saturated carbocycles. The lowest BCUT2D eigenvalue weighted by Crippen LogP contribution is -2.22. The molecule has 0 aliphatic carbocycles. The first-order valence-corrected chi connectivity index (χ1v) is 4.11. The number of nitrogens with one attached hydrogen (secondary N) is 2. The van der Waals surface area contributed by atoms with Gasteiger partial charge in [-0.15, -0.1) is 12.4 Å². The van der Waals surface area contributed by atoms with Gasteiger partial charge in [0, 0.05) is 6.07 Å². The van der Waals surface area contributed by atoms with Gasteiger partial charge in [0.2, 0.25) is 0 Å². The average molecular weight is 247 g/mol. The Kier molecular flexibility index (Phi) is 3.34. The van der Waals surface area contributed by atoms with E-state index in [1.165, 1.54) is 7.11 Å². The smallest absolute Gasteiger partial charge is 0.326 e. The molecule has 86 valence electrons. The van der Waals surface area contributed by atoms with Crippen LogP contribution >= 0.6 is 12.4 Å². The predicted octanol–water partition coefficient (Wildman–Crippen LogP) is 0.786. The summed E-state index contributed by atoms with van der Waals surface area (Å²) in [6.07, 6.45) is 0. The zero-order valence-electron chi connectivity index (χ0n) is 8.17. The van der Waals surface area contributed by atoms with E-state index < -0.39 is 17.1 Å². The minimum Gasteiger partial charge on any atom is -0.494 e. The predicted molar refractivity (Wildman–Crippen MR) is 58.9 cm³/mol. The lowest BCUT2D eigenvalue weighted by molar-refractivity contribution is 0.415. The van der Waals surface area contributed by atoms with E-state index in [0.29, 0.717) is 0 Å². The van der Waals surface area contributed by atoms with E-state index >= 15 is 0 Å². The third-order valence-electron chi connectivity index (χ3n) is 2.00. The molecule has 7 heteroatoms. The van der Waals surface area contributed by atoms with Crippen LogP contribution in [0.15, 0.2) is 21.7 Å². The summed E-state index contributed by atoms with van der Waals surface area (Å²) in [6.45, 7) is 0. The molecule has 0 saturated heterocycles. The second-order valence-corrected chi connectivity index (χ2v) is 2.94. The van der Waals surface area contributed by atoms with Gasteiger partial charge in [-0.3, -0.25) is 9.78 Å². The number of benzene rings is 1. The molecule has 0 atom stereocenters. The van der Waals surface area contributed by atoms with Crippen molar-refractivity contribution < 1.29 is 9.13 Å². The minimum absolute atomic E-state index is 0. The van der Waals surface area contributed by atoms with Crippen molar-refractivity contribution in [2.24, 2.45) is 0 Å². The number of hydrogen-bond donors (Lipinski definition) is 2. The van der Waals surface area contributed by atoms with Gasteiger partial charge in [-0.2, -0.15) is 0 Å². The van der Waals surface area contributed by atoms with E-state index in [-0.39, 0.29) is 29.1 Å². The summed E-state index contributed by atoms with van der Waals surface area (Å²) >= 11 is 0. The molecular formula is C9H8ClFN2O3. The van der Waals surface area contributed by atoms with Crippen molar-refractivity contribution in [2.75, 3.05) is 7.11 Å². The van der Waals surface area contributed by atoms with Gasteiger partial charge >= 0.3 is 5.69 Å². The first kappa shape index (κ1) is 12.3. The van der Waals surface area contributed by atoms with E-state index in [1.807, 2.05) is 4.98 Å². The van der Waals surface area contributed by atoms with Crippen LogP contribution < -0.4 is 16.0 Å². The molecule has 0 aliphatic rings. The number of methoxy groups -OCH3 is 1. The fourth-order valence-corrected chi connectivity index (χ4v) is 1.37. The van der Waals surface area contributed by atoms with Gasteiger partial charge < -0.3 is 9.72 Å². The Morgan fingerprint density at radius 2 is 1.94 bits per heavy atom. The van der Waals surface area contributed by atoms with Gasteiger partial charge in [0.15, 0.2) is 0 Å². The Labute approximate surface area is 94.7 Å². The van der Waals surface area contributed by atoms with Gasteiger partial charge in [-0.05, 0) is 6.07 Å². The molecule has 1 aromatic carbocycles. The summed E-state index contributed by atoms with van der Waals surface area (Å²) in [5, 5.41) is 0.0476. The molecule has 5 nitrogen and oxygen atoms in total. The summed E-state index contributed by atoms with van der Waals surface area (Å²) in [7, 11) is 1.33. The minimum atomic E-state index is -0.655. The highest BCUT2D eigenvalue weighted by molar-refractivity contribution is 5.85. The van der Waals surface area contributed by atoms with Crippen LogP contribution in [0.2, 0.25) is 0 Å². The quantitative estimate of drug-likeness (QED) is 0.781. The van der Waals surface area contributed by atoms with Crippen LogP contribution in [0.5, 0.6) is 5.75 Å². The van der Waals surface area contributed by atoms with E-state index in [1.54, 1.807) is 0 Å². The maximum atomic E-state index is 13.0. The number of rotatable bonds is 1. The summed E-state index contributed by atoms with van der Waals surface area (Å²) in [6, 6.07) is 2.13. The molecule has 2 N–H and O–H groups in total. The molecular weight excluding hydrogens is 239 g/mol. The Morgan fingerprint density at radius 3 is 2.56 bits per heavy atom. The van der Waals surface area contributed by atoms with E-state index in [2.05, 4.69) is 4.98 Å². The largest absolute Gasteiger partial charge is 0.494 e. The van der Waals surface area contributed by atoms with Crippen molar-refractivity contribution in [3.05, 3.63) is 38.8 Å². The molecule has 1 heterocycles. The third kappa shape index (κ3) is 1.92. The molecule has 0 bridgehead atoms. The van der Waals surface area contributed by atoms with Crippen molar-refractivity contribution in [2.45, 2.75) is 0 Å². The van der Waals surface area contributed by atoms with Crippen molar-refractivity contribution in [3.8, 4) is 5.75 Å². The number of H-pyrrole nitrogens is 2. The summed E-state index contributed by atoms with van der Waals surface area (Å²) in [5.74, 6) is -0.481. The van der Waals surface area contributed by atoms with Gasteiger partial charge in [0.05, 0.1) is 18.0 Å². The molecule has 0 fully saturated rings. The SMILES string of the molecule is COc1cc(F)cc2c(=O)[nH]c(=O)[nH]c12.Cl. The second kappa shape index (κ2) is 4.36. The van der Waals surface area contributed by atoms with Crippen LogP contribution in [0.3, 0.4) is 0 Å². The Balaban J connectivity index is 0.00000128. The number of hydrogen-bond acceptors (Lipinski definition) is 3. The summed E-state index contributed by atoms with van der Waals surface area (Å²) in [5.41, 5.74) is -1.11. The van der Waals surface area contributed by atoms with Gasteiger partial charge in [0.25, 0.3) is 5.56 Å². The molecule has 0 spiro atoms. The standard InChI is InChI=1S/C9H7FN2O3.ClH/c1-15-6-3-4(10)2-5-7(6)11-9(14)12-8(5)13;/h2-3H,1H3,(H2,11,12,13,14);1H. The fraction of sp³-hybridized carbons (Fsp3) is 0.111. The van der Waals surface area contributed by atoms with E-state index in [0.717, 1.165) is 12.1 Å². The van der Waals surface area contributed by atoms with Crippen molar-refractivity contribution in [1.82, 2.24) is 9.97 Å². The average Bonchev–Trinajstić information content (AvgIpc) is 2.18. The van der Waals surface area contributed by atoms with Crippen molar-refractivity contribution >= 4 is 23.3 Å². The zero-order valence-corrected chi connectivity index (χ0v) is 8.98. The molecule has 1 aromatic heterocycles. The number of ether oxygens (including phenoxy) is 1. The number of fused-ring (bicyclic) bond motifs is 1. The normalized spacial score (nSPS) is 9.88. The van der Waals surface area contributed by atoms with Gasteiger partial charge in [-0.1, -0.05) is 0 Å².